The van der Waals surface area contributed by atoms with Crippen molar-refractivity contribution in [3.8, 4) is 0 Å². The van der Waals surface area contributed by atoms with E-state index in [4.69, 9.17) is 4.10 Å². The zero-order valence-corrected chi connectivity index (χ0v) is 16.3. The summed E-state index contributed by atoms with van der Waals surface area (Å²) in [6.07, 6.45) is 3.17. The van der Waals surface area contributed by atoms with Crippen LogP contribution in [0, 0.1) is 0 Å². The minimum atomic E-state index is -3.09. The first-order valence-electron chi connectivity index (χ1n) is 8.27. The van der Waals surface area contributed by atoms with Crippen LogP contribution in [0.5, 0.6) is 0 Å². The molecule has 25 heavy (non-hydrogen) atoms. The van der Waals surface area contributed by atoms with Crippen LogP contribution in [-0.4, -0.2) is 54.1 Å². The van der Waals surface area contributed by atoms with Gasteiger partial charge in [0.25, 0.3) is 0 Å². The standard InChI is InChI=1S/C16H21AsN3O4S/c21-14(18-11-7-5-10(6-8-11)17(23)24)4-2-1-3-13-15-12(9-25-13)19-16(22)20-15/h5-8,12-13,15H,1-4,9H2,(H,18,21)(H,23,24)(H2,19,20,22). The van der Waals surface area contributed by atoms with Gasteiger partial charge in [-0.25, -0.2) is 4.79 Å². The fourth-order valence-corrected chi connectivity index (χ4v) is 5.56. The summed E-state index contributed by atoms with van der Waals surface area (Å²) in [4.78, 5) is 23.3. The molecule has 1 radical (unpaired) electrons. The molecule has 135 valence electrons. The van der Waals surface area contributed by atoms with Crippen LogP contribution in [0.15, 0.2) is 24.3 Å². The van der Waals surface area contributed by atoms with E-state index >= 15 is 0 Å². The van der Waals surface area contributed by atoms with Crippen molar-refractivity contribution in [1.82, 2.24) is 10.6 Å². The normalized spacial score (nSPS) is 25.1. The zero-order valence-electron chi connectivity index (χ0n) is 13.6. The van der Waals surface area contributed by atoms with Crippen molar-refractivity contribution in [2.75, 3.05) is 11.1 Å². The molecule has 0 saturated carbocycles. The third-order valence-corrected chi connectivity index (χ3v) is 7.51. The fourth-order valence-electron chi connectivity index (χ4n) is 3.17. The van der Waals surface area contributed by atoms with Gasteiger partial charge in [0.15, 0.2) is 0 Å². The molecule has 7 nitrogen and oxygen atoms in total. The molecular formula is C16H21AsN3O4S. The van der Waals surface area contributed by atoms with E-state index in [1.807, 2.05) is 11.8 Å². The summed E-state index contributed by atoms with van der Waals surface area (Å²) >= 11 is -1.21. The molecule has 0 spiro atoms. The Morgan fingerprint density at radius 1 is 1.28 bits per heavy atom. The monoisotopic (exact) mass is 426 g/mol. The number of unbranched alkanes of at least 4 members (excludes halogenated alkanes) is 1. The Bertz CT molecular complexity index is 670. The molecule has 9 heteroatoms. The first-order valence-corrected chi connectivity index (χ1v) is 11.9. The van der Waals surface area contributed by atoms with Gasteiger partial charge in [0.2, 0.25) is 0 Å². The molecule has 0 bridgehead atoms. The van der Waals surface area contributed by atoms with Crippen molar-refractivity contribution < 1.29 is 17.4 Å². The van der Waals surface area contributed by atoms with Gasteiger partial charge in [-0.2, -0.15) is 0 Å². The minimum absolute atomic E-state index is 0.0546. The number of hydrogen-bond donors (Lipinski definition) is 4. The summed E-state index contributed by atoms with van der Waals surface area (Å²) in [7, 11) is 0. The van der Waals surface area contributed by atoms with Crippen LogP contribution < -0.4 is 20.3 Å². The summed E-state index contributed by atoms with van der Waals surface area (Å²) < 4.78 is 20.5. The van der Waals surface area contributed by atoms with Crippen LogP contribution in [0.4, 0.5) is 10.5 Å². The summed E-state index contributed by atoms with van der Waals surface area (Å²) in [6, 6.07) is 6.82. The van der Waals surface area contributed by atoms with Gasteiger partial charge in [0, 0.05) is 5.75 Å². The Kier molecular flexibility index (Phi) is 6.14. The Morgan fingerprint density at radius 3 is 2.76 bits per heavy atom. The van der Waals surface area contributed by atoms with Gasteiger partial charge in [-0.05, 0) is 0 Å². The molecule has 2 fully saturated rings. The van der Waals surface area contributed by atoms with Crippen LogP contribution >= 0.6 is 11.8 Å². The molecule has 0 aromatic heterocycles. The molecule has 2 aliphatic rings. The Hall–Kier alpha value is -1.37. The maximum atomic E-state index is 12.0. The number of carbonyl (C=O) groups is 2. The van der Waals surface area contributed by atoms with Crippen molar-refractivity contribution >= 4 is 48.7 Å². The van der Waals surface area contributed by atoms with Crippen LogP contribution in [0.1, 0.15) is 25.7 Å². The third kappa shape index (κ3) is 4.83. The summed E-state index contributed by atoms with van der Waals surface area (Å²) in [5, 5.41) is 9.12. The second-order valence-corrected chi connectivity index (χ2v) is 9.74. The van der Waals surface area contributed by atoms with Crippen LogP contribution in [0.3, 0.4) is 0 Å². The number of anilines is 1. The molecule has 4 atom stereocenters. The predicted octanol–water partition coefficient (Wildman–Crippen LogP) is 0.469. The van der Waals surface area contributed by atoms with E-state index in [1.165, 1.54) is 0 Å². The number of rotatable bonds is 7. The van der Waals surface area contributed by atoms with Crippen LogP contribution in [-0.2, 0) is 8.53 Å². The van der Waals surface area contributed by atoms with E-state index in [-0.39, 0.29) is 24.0 Å². The maximum absolute atomic E-state index is 12.0. The predicted molar refractivity (Wildman–Crippen MR) is 97.3 cm³/mol. The zero-order chi connectivity index (χ0) is 17.8. The topological polar surface area (TPSA) is 108 Å². The number of thioether (sulfide) groups is 1. The summed E-state index contributed by atoms with van der Waals surface area (Å²) in [5.41, 5.74) is 0.638. The number of amides is 3. The van der Waals surface area contributed by atoms with E-state index in [1.54, 1.807) is 24.3 Å². The average Bonchev–Trinajstić information content (AvgIpc) is 3.11. The van der Waals surface area contributed by atoms with Crippen molar-refractivity contribution in [3.05, 3.63) is 24.3 Å². The summed E-state index contributed by atoms with van der Waals surface area (Å²) in [6.45, 7) is 0. The quantitative estimate of drug-likeness (QED) is 0.288. The van der Waals surface area contributed by atoms with E-state index in [2.05, 4.69) is 16.0 Å². The molecule has 2 saturated heterocycles. The first-order chi connectivity index (χ1) is 12.0. The van der Waals surface area contributed by atoms with E-state index < -0.39 is 14.9 Å². The Labute approximate surface area is 155 Å². The number of carbonyl (C=O) groups excluding carboxylic acids is 2. The molecule has 2 aliphatic heterocycles. The Balaban J connectivity index is 1.35. The van der Waals surface area contributed by atoms with Crippen molar-refractivity contribution in [2.45, 2.75) is 43.0 Å². The fraction of sp³-hybridized carbons (Fsp3) is 0.500. The van der Waals surface area contributed by atoms with E-state index in [0.29, 0.717) is 21.7 Å². The van der Waals surface area contributed by atoms with Gasteiger partial charge in [-0.3, -0.25) is 0 Å². The number of hydrogen-bond acceptors (Lipinski definition) is 4. The van der Waals surface area contributed by atoms with E-state index in [9.17, 15) is 13.3 Å². The van der Waals surface area contributed by atoms with Crippen molar-refractivity contribution in [1.29, 1.82) is 0 Å². The average molecular weight is 426 g/mol. The molecule has 3 amide bonds. The SMILES string of the molecule is O=C(CCCCC1SCC2NC(=O)NC21)Nc1ccc([As](=O)O)cc1. The molecule has 4 N–H and O–H groups in total. The van der Waals surface area contributed by atoms with Crippen molar-refractivity contribution in [2.24, 2.45) is 0 Å². The second-order valence-electron chi connectivity index (χ2n) is 6.24. The number of nitrogens with one attached hydrogen (secondary N) is 3. The van der Waals surface area contributed by atoms with Crippen molar-refractivity contribution in [3.63, 3.8) is 0 Å². The molecule has 1 aromatic carbocycles. The second kappa shape index (κ2) is 8.34. The van der Waals surface area contributed by atoms with E-state index in [0.717, 1.165) is 25.0 Å². The van der Waals surface area contributed by atoms with Gasteiger partial charge in [-0.15, -0.1) is 0 Å². The molecule has 2 heterocycles. The third-order valence-electron chi connectivity index (χ3n) is 4.45. The van der Waals surface area contributed by atoms with Crippen LogP contribution in [0.25, 0.3) is 0 Å². The van der Waals surface area contributed by atoms with Gasteiger partial charge in [0.05, 0.1) is 6.04 Å². The first kappa shape index (κ1) is 18.4. The van der Waals surface area contributed by atoms with Gasteiger partial charge < -0.3 is 10.6 Å². The molecule has 4 unspecified atom stereocenters. The number of fused-ring (bicyclic) bond motifs is 1. The number of benzene rings is 1. The van der Waals surface area contributed by atoms with Gasteiger partial charge in [0.1, 0.15) is 0 Å². The summed E-state index contributed by atoms with van der Waals surface area (Å²) in [5.74, 6) is 0.895. The molecule has 3 rings (SSSR count). The number of urea groups is 1. The van der Waals surface area contributed by atoms with Gasteiger partial charge in [-0.1, -0.05) is 0 Å². The molecule has 1 aromatic rings. The molecular weight excluding hydrogens is 405 g/mol. The Morgan fingerprint density at radius 2 is 2.04 bits per heavy atom. The van der Waals surface area contributed by atoms with Crippen LogP contribution in [0.2, 0.25) is 0 Å². The molecule has 0 aliphatic carbocycles. The van der Waals surface area contributed by atoms with Gasteiger partial charge >= 0.3 is 128 Å².